The van der Waals surface area contributed by atoms with E-state index in [1.807, 2.05) is 19.1 Å². The lowest BCUT2D eigenvalue weighted by atomic mass is 9.72. The SMILES string of the molecule is CCc1ccc(C(=O)OCC(=O)Nc2sc3c(c2C#N)CC[C@H](C(C)(C)C)C3)cc1. The summed E-state index contributed by atoms with van der Waals surface area (Å²) in [5.41, 5.74) is 3.37. The van der Waals surface area contributed by atoms with E-state index in [2.05, 4.69) is 32.2 Å². The van der Waals surface area contributed by atoms with Gasteiger partial charge in [0.2, 0.25) is 0 Å². The van der Waals surface area contributed by atoms with Gasteiger partial charge in [-0.25, -0.2) is 4.79 Å². The molecule has 0 saturated heterocycles. The Morgan fingerprint density at radius 2 is 1.97 bits per heavy atom. The van der Waals surface area contributed by atoms with Crippen LogP contribution in [0.2, 0.25) is 0 Å². The maximum Gasteiger partial charge on any atom is 0.338 e. The predicted molar refractivity (Wildman–Crippen MR) is 119 cm³/mol. The van der Waals surface area contributed by atoms with E-state index in [0.29, 0.717) is 22.0 Å². The third kappa shape index (κ3) is 4.91. The molecule has 1 aromatic heterocycles. The van der Waals surface area contributed by atoms with Gasteiger partial charge in [-0.3, -0.25) is 4.79 Å². The van der Waals surface area contributed by atoms with E-state index < -0.39 is 11.9 Å². The molecule has 1 heterocycles. The number of fused-ring (bicyclic) bond motifs is 1. The first-order valence-corrected chi connectivity index (χ1v) is 11.1. The van der Waals surface area contributed by atoms with Crippen LogP contribution in [0.5, 0.6) is 0 Å². The molecular formula is C24H28N2O3S. The van der Waals surface area contributed by atoms with E-state index in [0.717, 1.165) is 36.8 Å². The number of carbonyl (C=O) groups excluding carboxylic acids is 2. The molecule has 0 spiro atoms. The zero-order valence-electron chi connectivity index (χ0n) is 18.0. The molecule has 1 atom stereocenters. The van der Waals surface area contributed by atoms with Crippen molar-refractivity contribution in [2.75, 3.05) is 11.9 Å². The second kappa shape index (κ2) is 9.01. The first kappa shape index (κ1) is 22.0. The summed E-state index contributed by atoms with van der Waals surface area (Å²) in [7, 11) is 0. The summed E-state index contributed by atoms with van der Waals surface area (Å²) < 4.78 is 5.14. The molecular weight excluding hydrogens is 396 g/mol. The number of amides is 1. The highest BCUT2D eigenvalue weighted by Crippen LogP contribution is 2.43. The van der Waals surface area contributed by atoms with E-state index in [9.17, 15) is 14.9 Å². The van der Waals surface area contributed by atoms with Crippen LogP contribution in [0.1, 0.15) is 66.0 Å². The van der Waals surface area contributed by atoms with Crippen molar-refractivity contribution in [2.45, 2.75) is 53.4 Å². The first-order valence-electron chi connectivity index (χ1n) is 10.3. The second-order valence-electron chi connectivity index (χ2n) is 8.80. The lowest BCUT2D eigenvalue weighted by molar-refractivity contribution is -0.119. The topological polar surface area (TPSA) is 79.2 Å². The number of benzene rings is 1. The number of anilines is 1. The molecule has 1 N–H and O–H groups in total. The van der Waals surface area contributed by atoms with Crippen LogP contribution in [0.15, 0.2) is 24.3 Å². The lowest BCUT2D eigenvalue weighted by Crippen LogP contribution is -2.26. The van der Waals surface area contributed by atoms with Gasteiger partial charge in [0.05, 0.1) is 11.1 Å². The quantitative estimate of drug-likeness (QED) is 0.675. The number of hydrogen-bond acceptors (Lipinski definition) is 5. The Balaban J connectivity index is 1.63. The van der Waals surface area contributed by atoms with Crippen LogP contribution in [0, 0.1) is 22.7 Å². The van der Waals surface area contributed by atoms with Crippen LogP contribution in [-0.2, 0) is 28.8 Å². The first-order chi connectivity index (χ1) is 14.2. The lowest BCUT2D eigenvalue weighted by Gasteiger charge is -2.33. The normalized spacial score (nSPS) is 15.8. The molecule has 1 aromatic carbocycles. The van der Waals surface area contributed by atoms with Crippen molar-refractivity contribution in [3.8, 4) is 6.07 Å². The van der Waals surface area contributed by atoms with Crippen LogP contribution in [0.3, 0.4) is 0 Å². The van der Waals surface area contributed by atoms with E-state index >= 15 is 0 Å². The summed E-state index contributed by atoms with van der Waals surface area (Å²) in [4.78, 5) is 25.7. The standard InChI is InChI=1S/C24H28N2O3S/c1-5-15-6-8-16(9-7-15)23(28)29-14-21(27)26-22-19(13-25)18-11-10-17(24(2,3)4)12-20(18)30-22/h6-9,17H,5,10-12,14H2,1-4H3,(H,26,27)/t17-/m0/s1. The molecule has 2 aromatic rings. The number of nitriles is 1. The summed E-state index contributed by atoms with van der Waals surface area (Å²) in [6.45, 7) is 8.39. The van der Waals surface area contributed by atoms with Gasteiger partial charge in [-0.15, -0.1) is 11.3 Å². The number of esters is 1. The highest BCUT2D eigenvalue weighted by molar-refractivity contribution is 7.16. The summed E-state index contributed by atoms with van der Waals surface area (Å²) in [6, 6.07) is 9.40. The highest BCUT2D eigenvalue weighted by Gasteiger charge is 2.32. The van der Waals surface area contributed by atoms with E-state index in [1.165, 1.54) is 16.2 Å². The molecule has 0 bridgehead atoms. The number of aryl methyl sites for hydroxylation is 1. The maximum absolute atomic E-state index is 12.4. The van der Waals surface area contributed by atoms with Crippen molar-refractivity contribution in [1.29, 1.82) is 5.26 Å². The van der Waals surface area contributed by atoms with Crippen molar-refractivity contribution in [3.63, 3.8) is 0 Å². The Kier molecular flexibility index (Phi) is 6.62. The fraction of sp³-hybridized carbons (Fsp3) is 0.458. The average Bonchev–Trinajstić information content (AvgIpc) is 3.07. The number of thiophene rings is 1. The Hall–Kier alpha value is -2.65. The van der Waals surface area contributed by atoms with Gasteiger partial charge in [-0.1, -0.05) is 39.8 Å². The molecule has 3 rings (SSSR count). The van der Waals surface area contributed by atoms with Crippen molar-refractivity contribution in [1.82, 2.24) is 0 Å². The molecule has 1 amide bonds. The van der Waals surface area contributed by atoms with Gasteiger partial charge in [0, 0.05) is 4.88 Å². The van der Waals surface area contributed by atoms with E-state index in [-0.39, 0.29) is 12.0 Å². The summed E-state index contributed by atoms with van der Waals surface area (Å²) in [5, 5.41) is 13.0. The minimum atomic E-state index is -0.535. The van der Waals surface area contributed by atoms with Gasteiger partial charge in [0.25, 0.3) is 5.91 Å². The van der Waals surface area contributed by atoms with Gasteiger partial charge in [0.15, 0.2) is 6.61 Å². The van der Waals surface area contributed by atoms with Crippen molar-refractivity contribution >= 4 is 28.2 Å². The zero-order valence-corrected chi connectivity index (χ0v) is 18.8. The van der Waals surface area contributed by atoms with Crippen molar-refractivity contribution < 1.29 is 14.3 Å². The monoisotopic (exact) mass is 424 g/mol. The van der Waals surface area contributed by atoms with Crippen molar-refractivity contribution in [2.24, 2.45) is 11.3 Å². The summed E-state index contributed by atoms with van der Waals surface area (Å²) >= 11 is 1.47. The fourth-order valence-electron chi connectivity index (χ4n) is 3.79. The van der Waals surface area contributed by atoms with Gasteiger partial charge in [0.1, 0.15) is 11.1 Å². The molecule has 0 fully saturated rings. The Morgan fingerprint density at radius 1 is 1.27 bits per heavy atom. The molecule has 30 heavy (non-hydrogen) atoms. The molecule has 0 saturated carbocycles. The van der Waals surface area contributed by atoms with Gasteiger partial charge in [-0.2, -0.15) is 5.26 Å². The molecule has 0 unspecified atom stereocenters. The van der Waals surface area contributed by atoms with Crippen molar-refractivity contribution in [3.05, 3.63) is 51.4 Å². The highest BCUT2D eigenvalue weighted by atomic mass is 32.1. The molecule has 158 valence electrons. The number of ether oxygens (including phenoxy) is 1. The van der Waals surface area contributed by atoms with E-state index in [4.69, 9.17) is 4.74 Å². The molecule has 6 heteroatoms. The molecule has 5 nitrogen and oxygen atoms in total. The number of carbonyl (C=O) groups is 2. The van der Waals surface area contributed by atoms with Crippen LogP contribution < -0.4 is 5.32 Å². The van der Waals surface area contributed by atoms with Gasteiger partial charge >= 0.3 is 5.97 Å². The number of nitrogens with one attached hydrogen (secondary N) is 1. The minimum Gasteiger partial charge on any atom is -0.452 e. The van der Waals surface area contributed by atoms with Gasteiger partial charge < -0.3 is 10.1 Å². The van der Waals surface area contributed by atoms with Crippen LogP contribution in [0.25, 0.3) is 0 Å². The Labute approximate surface area is 182 Å². The van der Waals surface area contributed by atoms with Crippen LogP contribution in [0.4, 0.5) is 5.00 Å². The van der Waals surface area contributed by atoms with Crippen LogP contribution >= 0.6 is 11.3 Å². The molecule has 1 aliphatic rings. The fourth-order valence-corrected chi connectivity index (χ4v) is 5.08. The summed E-state index contributed by atoms with van der Waals surface area (Å²) in [5.74, 6) is -0.415. The molecule has 0 radical (unpaired) electrons. The number of nitrogens with zero attached hydrogens (tertiary/aromatic N) is 1. The Morgan fingerprint density at radius 3 is 2.57 bits per heavy atom. The van der Waals surface area contributed by atoms with Crippen LogP contribution in [-0.4, -0.2) is 18.5 Å². The third-order valence-electron chi connectivity index (χ3n) is 5.79. The molecule has 1 aliphatic carbocycles. The summed E-state index contributed by atoms with van der Waals surface area (Å²) in [6.07, 6.45) is 3.72. The predicted octanol–water partition coefficient (Wildman–Crippen LogP) is 5.13. The average molecular weight is 425 g/mol. The Bertz CT molecular complexity index is 978. The minimum absolute atomic E-state index is 0.210. The number of rotatable bonds is 5. The second-order valence-corrected chi connectivity index (χ2v) is 9.91. The van der Waals surface area contributed by atoms with Gasteiger partial charge in [-0.05, 0) is 60.3 Å². The maximum atomic E-state index is 12.4. The molecule has 0 aliphatic heterocycles. The largest absolute Gasteiger partial charge is 0.452 e. The zero-order chi connectivity index (χ0) is 21.9. The third-order valence-corrected chi connectivity index (χ3v) is 6.96. The smallest absolute Gasteiger partial charge is 0.338 e. The number of hydrogen-bond donors (Lipinski definition) is 1. The van der Waals surface area contributed by atoms with E-state index in [1.54, 1.807) is 12.1 Å².